The molecular weight excluding hydrogens is 403 g/mol. The molecule has 0 bridgehead atoms. The molecule has 0 saturated heterocycles. The average molecular weight is 418 g/mol. The molecule has 1 aromatic carbocycles. The fourth-order valence-corrected chi connectivity index (χ4v) is 4.17. The van der Waals surface area contributed by atoms with Crippen LogP contribution in [0.2, 0.25) is 5.02 Å². The van der Waals surface area contributed by atoms with Crippen LogP contribution in [-0.2, 0) is 13.8 Å². The molecule has 118 valence electrons. The lowest BCUT2D eigenvalue weighted by molar-refractivity contribution is 0.0494. The van der Waals surface area contributed by atoms with E-state index in [0.29, 0.717) is 5.92 Å². The van der Waals surface area contributed by atoms with Crippen molar-refractivity contribution in [3.63, 3.8) is 0 Å². The van der Waals surface area contributed by atoms with Crippen molar-refractivity contribution in [3.05, 3.63) is 27.2 Å². The second-order valence-corrected chi connectivity index (χ2v) is 8.67. The second kappa shape index (κ2) is 7.81. The van der Waals surface area contributed by atoms with Crippen LogP contribution in [0.1, 0.15) is 37.0 Å². The van der Waals surface area contributed by atoms with E-state index in [2.05, 4.69) is 29.8 Å². The summed E-state index contributed by atoms with van der Waals surface area (Å²) in [6.07, 6.45) is 1.67. The van der Waals surface area contributed by atoms with Crippen molar-refractivity contribution in [2.45, 2.75) is 31.6 Å². The Bertz CT molecular complexity index is 629. The van der Waals surface area contributed by atoms with Crippen LogP contribution in [0.15, 0.2) is 21.5 Å². The average Bonchev–Trinajstić information content (AvgIpc) is 2.32. The summed E-state index contributed by atoms with van der Waals surface area (Å²) in [7, 11) is 1.32. The minimum absolute atomic E-state index is 0.0244. The Balaban J connectivity index is 2.90. The molecule has 1 aromatic rings. The van der Waals surface area contributed by atoms with Gasteiger partial charge in [0.2, 0.25) is 0 Å². The van der Waals surface area contributed by atoms with Gasteiger partial charge in [-0.1, -0.05) is 25.4 Å². The second-order valence-electron chi connectivity index (χ2n) is 4.87. The highest BCUT2D eigenvalue weighted by molar-refractivity contribution is 9.10. The summed E-state index contributed by atoms with van der Waals surface area (Å²) in [6, 6.07) is 2.42. The number of rotatable bonds is 6. The number of esters is 1. The Labute approximate surface area is 142 Å². The molecule has 0 aliphatic heterocycles. The van der Waals surface area contributed by atoms with Crippen molar-refractivity contribution in [1.29, 1.82) is 0 Å². The smallest absolute Gasteiger partial charge is 0.339 e. The van der Waals surface area contributed by atoms with Crippen LogP contribution in [-0.4, -0.2) is 21.0 Å². The lowest BCUT2D eigenvalue weighted by Crippen LogP contribution is -2.09. The molecule has 0 spiro atoms. The van der Waals surface area contributed by atoms with E-state index < -0.39 is 15.0 Å². The maximum Gasteiger partial charge on any atom is 0.339 e. The van der Waals surface area contributed by atoms with E-state index in [0.717, 1.165) is 18.9 Å². The summed E-state index contributed by atoms with van der Waals surface area (Å²) < 4.78 is 28.1. The van der Waals surface area contributed by atoms with Gasteiger partial charge in [0.1, 0.15) is 0 Å². The maximum atomic E-state index is 11.9. The van der Waals surface area contributed by atoms with Gasteiger partial charge in [-0.15, -0.1) is 0 Å². The molecule has 0 aliphatic rings. The van der Waals surface area contributed by atoms with Gasteiger partial charge in [-0.3, -0.25) is 0 Å². The van der Waals surface area contributed by atoms with Crippen LogP contribution >= 0.6 is 38.2 Å². The predicted molar refractivity (Wildman–Crippen MR) is 86.5 cm³/mol. The zero-order chi connectivity index (χ0) is 16.2. The summed E-state index contributed by atoms with van der Waals surface area (Å²) in [6.45, 7) is 4.41. The topological polar surface area (TPSA) is 60.4 Å². The van der Waals surface area contributed by atoms with Crippen molar-refractivity contribution in [2.24, 2.45) is 5.92 Å². The number of halogens is 3. The van der Waals surface area contributed by atoms with Crippen molar-refractivity contribution in [3.8, 4) is 0 Å². The first-order valence-corrected chi connectivity index (χ1v) is 9.71. The number of hydrogen-bond donors (Lipinski definition) is 0. The predicted octanol–water partition coefficient (Wildman–Crippen LogP) is 4.62. The molecule has 0 unspecified atom stereocenters. The molecule has 0 radical (unpaired) electrons. The van der Waals surface area contributed by atoms with E-state index >= 15 is 0 Å². The highest BCUT2D eigenvalue weighted by Gasteiger charge is 2.21. The zero-order valence-electron chi connectivity index (χ0n) is 11.5. The normalized spacial score (nSPS) is 11.7. The van der Waals surface area contributed by atoms with Crippen LogP contribution in [0.3, 0.4) is 0 Å². The quantitative estimate of drug-likeness (QED) is 0.384. The molecule has 21 heavy (non-hydrogen) atoms. The minimum atomic E-state index is -3.98. The van der Waals surface area contributed by atoms with Crippen LogP contribution in [0.25, 0.3) is 0 Å². The Morgan fingerprint density at radius 1 is 1.38 bits per heavy atom. The van der Waals surface area contributed by atoms with E-state index in [4.69, 9.17) is 27.0 Å². The lowest BCUT2D eigenvalue weighted by Gasteiger charge is -2.09. The van der Waals surface area contributed by atoms with E-state index in [1.54, 1.807) is 0 Å². The van der Waals surface area contributed by atoms with Crippen LogP contribution in [0.4, 0.5) is 0 Å². The lowest BCUT2D eigenvalue weighted by atomic mass is 10.1. The maximum absolute atomic E-state index is 11.9. The van der Waals surface area contributed by atoms with Gasteiger partial charge in [0.25, 0.3) is 9.05 Å². The number of carbonyl (C=O) groups is 1. The Hall–Kier alpha value is -0.300. The van der Waals surface area contributed by atoms with Gasteiger partial charge in [0.15, 0.2) is 0 Å². The molecule has 0 aliphatic carbocycles. The molecular formula is C13H15BrCl2O4S. The summed E-state index contributed by atoms with van der Waals surface area (Å²) in [5.74, 6) is -0.147. The third-order valence-electron chi connectivity index (χ3n) is 2.66. The standard InChI is InChI=1S/C13H15BrCl2O4S/c1-8(2)4-3-5-20-13(17)9-6-12(21(16,18)19)10(14)7-11(9)15/h6-8H,3-5H2,1-2H3. The van der Waals surface area contributed by atoms with Crippen molar-refractivity contribution >= 4 is 53.2 Å². The summed E-state index contributed by atoms with van der Waals surface area (Å²) >= 11 is 8.99. The fraction of sp³-hybridized carbons (Fsp3) is 0.462. The van der Waals surface area contributed by atoms with E-state index in [9.17, 15) is 13.2 Å². The monoisotopic (exact) mass is 416 g/mol. The number of hydrogen-bond acceptors (Lipinski definition) is 4. The molecule has 8 heteroatoms. The van der Waals surface area contributed by atoms with Gasteiger partial charge in [0.05, 0.1) is 22.1 Å². The van der Waals surface area contributed by atoms with Gasteiger partial charge in [0, 0.05) is 15.2 Å². The summed E-state index contributed by atoms with van der Waals surface area (Å²) in [4.78, 5) is 11.7. The highest BCUT2D eigenvalue weighted by Crippen LogP contribution is 2.31. The number of benzene rings is 1. The van der Waals surface area contributed by atoms with Gasteiger partial charge in [-0.05, 0) is 46.8 Å². The first kappa shape index (κ1) is 18.7. The SMILES string of the molecule is CC(C)CCCOC(=O)c1cc(S(=O)(=O)Cl)c(Br)cc1Cl. The summed E-state index contributed by atoms with van der Waals surface area (Å²) in [5.41, 5.74) is -0.0244. The third kappa shape index (κ3) is 5.77. The van der Waals surface area contributed by atoms with Gasteiger partial charge in [-0.25, -0.2) is 13.2 Å². The summed E-state index contributed by atoms with van der Waals surface area (Å²) in [5, 5.41) is 0.0970. The largest absolute Gasteiger partial charge is 0.462 e. The van der Waals surface area contributed by atoms with Crippen molar-refractivity contribution in [2.75, 3.05) is 6.61 Å². The molecule has 1 rings (SSSR count). The van der Waals surface area contributed by atoms with E-state index in [-0.39, 0.29) is 26.6 Å². The highest BCUT2D eigenvalue weighted by atomic mass is 79.9. The Morgan fingerprint density at radius 2 is 2.00 bits per heavy atom. The van der Waals surface area contributed by atoms with Crippen LogP contribution in [0, 0.1) is 5.92 Å². The van der Waals surface area contributed by atoms with Gasteiger partial charge >= 0.3 is 5.97 Å². The van der Waals surface area contributed by atoms with E-state index in [1.165, 1.54) is 6.07 Å². The third-order valence-corrected chi connectivity index (χ3v) is 5.26. The molecule has 0 heterocycles. The fourth-order valence-electron chi connectivity index (χ4n) is 1.61. The van der Waals surface area contributed by atoms with Crippen LogP contribution in [0.5, 0.6) is 0 Å². The molecule has 4 nitrogen and oxygen atoms in total. The zero-order valence-corrected chi connectivity index (χ0v) is 15.4. The first-order chi connectivity index (χ1) is 9.62. The minimum Gasteiger partial charge on any atom is -0.462 e. The first-order valence-electron chi connectivity index (χ1n) is 6.23. The van der Waals surface area contributed by atoms with Crippen molar-refractivity contribution in [1.82, 2.24) is 0 Å². The Morgan fingerprint density at radius 3 is 2.52 bits per heavy atom. The molecule has 0 saturated carbocycles. The molecule has 0 fully saturated rings. The molecule has 0 N–H and O–H groups in total. The van der Waals surface area contributed by atoms with Crippen LogP contribution < -0.4 is 0 Å². The van der Waals surface area contributed by atoms with E-state index in [1.807, 2.05) is 0 Å². The number of ether oxygens (including phenoxy) is 1. The van der Waals surface area contributed by atoms with Crippen molar-refractivity contribution < 1.29 is 17.9 Å². The molecule has 0 aromatic heterocycles. The van der Waals surface area contributed by atoms with Gasteiger partial charge < -0.3 is 4.74 Å². The number of carbonyl (C=O) groups excluding carboxylic acids is 1. The Kier molecular flexibility index (Phi) is 6.97. The molecule has 0 amide bonds. The molecule has 0 atom stereocenters. The van der Waals surface area contributed by atoms with Gasteiger partial charge in [-0.2, -0.15) is 0 Å².